The Morgan fingerprint density at radius 1 is 1.15 bits per heavy atom. The van der Waals surface area contributed by atoms with Gasteiger partial charge < -0.3 is 9.47 Å². The van der Waals surface area contributed by atoms with E-state index in [1.165, 1.54) is 0 Å². The number of rotatable bonds is 3. The van der Waals surface area contributed by atoms with Crippen LogP contribution in [0.25, 0.3) is 11.0 Å². The molecule has 0 aliphatic carbocycles. The number of benzene rings is 2. The minimum atomic E-state index is -0.674. The van der Waals surface area contributed by atoms with Gasteiger partial charge in [0.15, 0.2) is 11.6 Å². The van der Waals surface area contributed by atoms with Crippen LogP contribution in [0.2, 0.25) is 0 Å². The average molecular weight is 366 g/mol. The minimum Gasteiger partial charge on any atom is -0.367 e. The number of aryl methyl sites for hydroxylation is 1. The van der Waals surface area contributed by atoms with E-state index in [2.05, 4.69) is 17.6 Å². The summed E-state index contributed by atoms with van der Waals surface area (Å²) in [6.45, 7) is 3.20. The summed E-state index contributed by atoms with van der Waals surface area (Å²) in [5, 5.41) is 8.86. The molecule has 0 spiro atoms. The Labute approximate surface area is 156 Å². The number of piperidine rings is 1. The van der Waals surface area contributed by atoms with Crippen LogP contribution in [-0.4, -0.2) is 22.6 Å². The first kappa shape index (κ1) is 17.5. The van der Waals surface area contributed by atoms with Gasteiger partial charge in [0.2, 0.25) is 0 Å². The highest BCUT2D eigenvalue weighted by molar-refractivity contribution is 5.76. The fraction of sp³-hybridized carbons (Fsp3) is 0.333. The monoisotopic (exact) mass is 366 g/mol. The van der Waals surface area contributed by atoms with Crippen molar-refractivity contribution in [2.45, 2.75) is 32.2 Å². The molecule has 1 saturated heterocycles. The summed E-state index contributed by atoms with van der Waals surface area (Å²) >= 11 is 0. The Bertz CT molecular complexity index is 1000. The molecule has 0 amide bonds. The topological polar surface area (TPSA) is 44.9 Å². The van der Waals surface area contributed by atoms with Crippen molar-refractivity contribution in [3.8, 4) is 6.07 Å². The van der Waals surface area contributed by atoms with Gasteiger partial charge in [-0.05, 0) is 37.1 Å². The number of anilines is 1. The Kier molecular flexibility index (Phi) is 4.53. The zero-order valence-corrected chi connectivity index (χ0v) is 15.1. The molecule has 1 aliphatic rings. The van der Waals surface area contributed by atoms with E-state index in [0.717, 1.165) is 48.3 Å². The molecule has 1 aliphatic heterocycles. The number of imidazole rings is 1. The summed E-state index contributed by atoms with van der Waals surface area (Å²) < 4.78 is 31.0. The lowest BCUT2D eigenvalue weighted by molar-refractivity contribution is 0.390. The highest BCUT2D eigenvalue weighted by Gasteiger charge is 2.27. The highest BCUT2D eigenvalue weighted by Crippen LogP contribution is 2.33. The molecular weight excluding hydrogens is 346 g/mol. The number of para-hydroxylation sites is 2. The largest absolute Gasteiger partial charge is 0.367 e. The standard InChI is InChI=1S/C21H20F2N4/c1-2-20-25-18-5-3-4-6-19(18)27(20)15-7-9-26(10-8-15)21-16(22)11-14(13-24)12-17(21)23/h3-6,11-12,15H,2,7-10H2,1H3. The van der Waals surface area contributed by atoms with Crippen molar-refractivity contribution in [3.63, 3.8) is 0 Å². The normalized spacial score (nSPS) is 15.3. The van der Waals surface area contributed by atoms with Gasteiger partial charge in [-0.1, -0.05) is 19.1 Å². The molecule has 0 radical (unpaired) electrons. The molecule has 3 aromatic rings. The summed E-state index contributed by atoms with van der Waals surface area (Å²) in [5.74, 6) is -0.301. The Balaban J connectivity index is 1.60. The van der Waals surface area contributed by atoms with Crippen LogP contribution in [0.1, 0.15) is 37.2 Å². The van der Waals surface area contributed by atoms with Gasteiger partial charge in [-0.3, -0.25) is 0 Å². The van der Waals surface area contributed by atoms with Gasteiger partial charge in [0.25, 0.3) is 0 Å². The summed E-state index contributed by atoms with van der Waals surface area (Å²) in [6.07, 6.45) is 2.41. The van der Waals surface area contributed by atoms with Crippen LogP contribution in [0, 0.1) is 23.0 Å². The first-order valence-corrected chi connectivity index (χ1v) is 9.22. The van der Waals surface area contributed by atoms with Gasteiger partial charge in [-0.25, -0.2) is 13.8 Å². The van der Waals surface area contributed by atoms with Crippen molar-refractivity contribution in [2.75, 3.05) is 18.0 Å². The van der Waals surface area contributed by atoms with E-state index >= 15 is 0 Å². The quantitative estimate of drug-likeness (QED) is 0.681. The van der Waals surface area contributed by atoms with Gasteiger partial charge in [-0.15, -0.1) is 0 Å². The van der Waals surface area contributed by atoms with Crippen LogP contribution >= 0.6 is 0 Å². The molecule has 0 atom stereocenters. The summed E-state index contributed by atoms with van der Waals surface area (Å²) in [4.78, 5) is 6.47. The van der Waals surface area contributed by atoms with Gasteiger partial charge >= 0.3 is 0 Å². The molecule has 0 N–H and O–H groups in total. The first-order chi connectivity index (χ1) is 13.1. The molecule has 1 aromatic heterocycles. The Hall–Kier alpha value is -2.94. The molecule has 2 aromatic carbocycles. The Morgan fingerprint density at radius 2 is 1.81 bits per heavy atom. The average Bonchev–Trinajstić information content (AvgIpc) is 3.06. The second kappa shape index (κ2) is 6.99. The van der Waals surface area contributed by atoms with Gasteiger partial charge in [-0.2, -0.15) is 5.26 Å². The number of hydrogen-bond donors (Lipinski definition) is 0. The van der Waals surface area contributed by atoms with E-state index in [1.54, 1.807) is 11.0 Å². The van der Waals surface area contributed by atoms with E-state index in [9.17, 15) is 8.78 Å². The number of halogens is 2. The molecule has 4 nitrogen and oxygen atoms in total. The number of hydrogen-bond acceptors (Lipinski definition) is 3. The van der Waals surface area contributed by atoms with Gasteiger partial charge in [0.1, 0.15) is 11.5 Å². The maximum absolute atomic E-state index is 14.3. The van der Waals surface area contributed by atoms with E-state index in [1.807, 2.05) is 18.2 Å². The maximum Gasteiger partial charge on any atom is 0.150 e. The molecule has 0 saturated carbocycles. The van der Waals surface area contributed by atoms with Crippen LogP contribution in [0.5, 0.6) is 0 Å². The van der Waals surface area contributed by atoms with Crippen molar-refractivity contribution >= 4 is 16.7 Å². The third kappa shape index (κ3) is 3.03. The summed E-state index contributed by atoms with van der Waals surface area (Å²) in [5.41, 5.74) is 2.07. The number of nitrogens with zero attached hydrogens (tertiary/aromatic N) is 4. The van der Waals surface area contributed by atoms with Crippen LogP contribution in [0.4, 0.5) is 14.5 Å². The molecule has 1 fully saturated rings. The molecule has 4 rings (SSSR count). The van der Waals surface area contributed by atoms with Gasteiger partial charge in [0.05, 0.1) is 22.7 Å². The van der Waals surface area contributed by atoms with E-state index < -0.39 is 11.6 Å². The molecule has 0 bridgehead atoms. The second-order valence-electron chi connectivity index (χ2n) is 6.86. The first-order valence-electron chi connectivity index (χ1n) is 9.22. The van der Waals surface area contributed by atoms with Crippen LogP contribution in [0.3, 0.4) is 0 Å². The third-order valence-corrected chi connectivity index (χ3v) is 5.28. The minimum absolute atomic E-state index is 0.00103. The zero-order valence-electron chi connectivity index (χ0n) is 15.1. The summed E-state index contributed by atoms with van der Waals surface area (Å²) in [7, 11) is 0. The maximum atomic E-state index is 14.3. The predicted octanol–water partition coefficient (Wildman–Crippen LogP) is 4.59. The second-order valence-corrected chi connectivity index (χ2v) is 6.86. The fourth-order valence-electron chi connectivity index (χ4n) is 4.03. The zero-order chi connectivity index (χ0) is 19.0. The van der Waals surface area contributed by atoms with Crippen LogP contribution in [-0.2, 0) is 6.42 Å². The van der Waals surface area contributed by atoms with Crippen molar-refractivity contribution in [2.24, 2.45) is 0 Å². The SMILES string of the molecule is CCc1nc2ccccc2n1C1CCN(c2c(F)cc(C#N)cc2F)CC1. The van der Waals surface area contributed by atoms with E-state index in [4.69, 9.17) is 10.2 Å². The molecule has 2 heterocycles. The lowest BCUT2D eigenvalue weighted by atomic mass is 10.0. The van der Waals surface area contributed by atoms with Crippen LogP contribution < -0.4 is 4.90 Å². The molecule has 138 valence electrons. The smallest absolute Gasteiger partial charge is 0.150 e. The predicted molar refractivity (Wildman–Crippen MR) is 101 cm³/mol. The van der Waals surface area contributed by atoms with E-state index in [-0.39, 0.29) is 17.3 Å². The van der Waals surface area contributed by atoms with Crippen molar-refractivity contribution in [1.82, 2.24) is 9.55 Å². The fourth-order valence-corrected chi connectivity index (χ4v) is 4.03. The van der Waals surface area contributed by atoms with Crippen molar-refractivity contribution < 1.29 is 8.78 Å². The lowest BCUT2D eigenvalue weighted by Crippen LogP contribution is -2.36. The lowest BCUT2D eigenvalue weighted by Gasteiger charge is -2.35. The number of aromatic nitrogens is 2. The summed E-state index contributed by atoms with van der Waals surface area (Å²) in [6, 6.07) is 12.3. The number of fused-ring (bicyclic) bond motifs is 1. The van der Waals surface area contributed by atoms with Crippen LogP contribution in [0.15, 0.2) is 36.4 Å². The highest BCUT2D eigenvalue weighted by atomic mass is 19.1. The Morgan fingerprint density at radius 3 is 2.44 bits per heavy atom. The molecule has 0 unspecified atom stereocenters. The third-order valence-electron chi connectivity index (χ3n) is 5.28. The molecular formula is C21H20F2N4. The van der Waals surface area contributed by atoms with Crippen molar-refractivity contribution in [3.05, 3.63) is 59.4 Å². The van der Waals surface area contributed by atoms with E-state index in [0.29, 0.717) is 13.1 Å². The van der Waals surface area contributed by atoms with Gasteiger partial charge in [0, 0.05) is 25.6 Å². The molecule has 27 heavy (non-hydrogen) atoms. The number of nitriles is 1. The van der Waals surface area contributed by atoms with Crippen molar-refractivity contribution in [1.29, 1.82) is 5.26 Å². The molecule has 6 heteroatoms.